The second kappa shape index (κ2) is 11.3. The molecule has 0 aliphatic heterocycles. The Morgan fingerprint density at radius 2 is 1.82 bits per heavy atom. The van der Waals surface area contributed by atoms with Gasteiger partial charge in [-0.1, -0.05) is 46.0 Å². The number of nitrogens with two attached hydrogens (primary N) is 1. The van der Waals surface area contributed by atoms with E-state index < -0.39 is 6.10 Å². The predicted molar refractivity (Wildman–Crippen MR) is 94.1 cm³/mol. The van der Waals surface area contributed by atoms with Crippen molar-refractivity contribution >= 4 is 18.3 Å². The molecule has 3 atom stereocenters. The molecule has 132 valence electrons. The van der Waals surface area contributed by atoms with E-state index in [9.17, 15) is 9.90 Å². The van der Waals surface area contributed by atoms with E-state index in [4.69, 9.17) is 5.73 Å². The second-order valence-corrected chi connectivity index (χ2v) is 7.15. The van der Waals surface area contributed by atoms with Gasteiger partial charge in [0.15, 0.2) is 0 Å². The standard InChI is InChI=1S/C17H34N2O2.ClH/c1-12(2)9-14(17(21)19-3)11-16(20)15(18)10-13-7-5-4-6-8-13;/h12-16,20H,4-11,18H2,1-3H3,(H,19,21);1H/t14?,15-,16?;/m0./s1. The van der Waals surface area contributed by atoms with E-state index in [1.807, 2.05) is 0 Å². The lowest BCUT2D eigenvalue weighted by Gasteiger charge is -2.29. The van der Waals surface area contributed by atoms with Crippen LogP contribution in [0, 0.1) is 17.8 Å². The summed E-state index contributed by atoms with van der Waals surface area (Å²) in [6.07, 6.45) is 8.00. The lowest BCUT2D eigenvalue weighted by atomic mass is 9.82. The van der Waals surface area contributed by atoms with E-state index >= 15 is 0 Å². The molecule has 1 fully saturated rings. The lowest BCUT2D eigenvalue weighted by Crippen LogP contribution is -2.40. The van der Waals surface area contributed by atoms with Gasteiger partial charge >= 0.3 is 0 Å². The molecule has 0 heterocycles. The number of hydrogen-bond donors (Lipinski definition) is 3. The molecule has 1 rings (SSSR count). The van der Waals surface area contributed by atoms with Crippen molar-refractivity contribution in [3.63, 3.8) is 0 Å². The Morgan fingerprint density at radius 1 is 1.23 bits per heavy atom. The Hall–Kier alpha value is -0.320. The van der Waals surface area contributed by atoms with Crippen LogP contribution in [0.1, 0.15) is 65.2 Å². The minimum absolute atomic E-state index is 0. The molecule has 1 aliphatic carbocycles. The molecule has 2 unspecified atom stereocenters. The average Bonchev–Trinajstić information content (AvgIpc) is 2.46. The Balaban J connectivity index is 0.00000441. The summed E-state index contributed by atoms with van der Waals surface area (Å²) >= 11 is 0. The van der Waals surface area contributed by atoms with Crippen LogP contribution in [0.5, 0.6) is 0 Å². The summed E-state index contributed by atoms with van der Waals surface area (Å²) in [6.45, 7) is 4.20. The van der Waals surface area contributed by atoms with Crippen molar-refractivity contribution in [1.82, 2.24) is 5.32 Å². The van der Waals surface area contributed by atoms with Crippen LogP contribution in [0.3, 0.4) is 0 Å². The van der Waals surface area contributed by atoms with Gasteiger partial charge in [-0.3, -0.25) is 4.79 Å². The fraction of sp³-hybridized carbons (Fsp3) is 0.941. The van der Waals surface area contributed by atoms with Crippen LogP contribution in [0.4, 0.5) is 0 Å². The first-order valence-electron chi connectivity index (χ1n) is 8.59. The molecule has 0 radical (unpaired) electrons. The number of amides is 1. The third kappa shape index (κ3) is 7.80. The number of hydrogen-bond acceptors (Lipinski definition) is 3. The zero-order valence-corrected chi connectivity index (χ0v) is 15.2. The number of aliphatic hydroxyl groups excluding tert-OH is 1. The zero-order chi connectivity index (χ0) is 15.8. The molecule has 22 heavy (non-hydrogen) atoms. The number of aliphatic hydroxyl groups is 1. The third-order valence-electron chi connectivity index (χ3n) is 4.72. The maximum Gasteiger partial charge on any atom is 0.222 e. The van der Waals surface area contributed by atoms with Gasteiger partial charge in [0.05, 0.1) is 6.10 Å². The minimum atomic E-state index is -0.576. The third-order valence-corrected chi connectivity index (χ3v) is 4.72. The molecular weight excluding hydrogens is 300 g/mol. The number of carbonyl (C=O) groups is 1. The van der Waals surface area contributed by atoms with Crippen LogP contribution in [0.15, 0.2) is 0 Å². The van der Waals surface area contributed by atoms with Crippen molar-refractivity contribution in [2.45, 2.75) is 77.4 Å². The minimum Gasteiger partial charge on any atom is -0.391 e. The maximum atomic E-state index is 11.9. The fourth-order valence-corrected chi connectivity index (χ4v) is 3.51. The Kier molecular flexibility index (Phi) is 11.1. The molecule has 4 N–H and O–H groups in total. The molecule has 1 aliphatic rings. The summed E-state index contributed by atoms with van der Waals surface area (Å²) in [5.74, 6) is 0.982. The first-order chi connectivity index (χ1) is 9.93. The summed E-state index contributed by atoms with van der Waals surface area (Å²) in [6, 6.07) is -0.201. The molecule has 0 aromatic rings. The average molecular weight is 335 g/mol. The summed E-state index contributed by atoms with van der Waals surface area (Å²) < 4.78 is 0. The van der Waals surface area contributed by atoms with Crippen molar-refractivity contribution in [2.24, 2.45) is 23.5 Å². The summed E-state index contributed by atoms with van der Waals surface area (Å²) in [4.78, 5) is 11.9. The normalized spacial score (nSPS) is 20.1. The van der Waals surface area contributed by atoms with Crippen LogP contribution in [-0.2, 0) is 4.79 Å². The number of carbonyl (C=O) groups excluding carboxylic acids is 1. The van der Waals surface area contributed by atoms with E-state index in [1.54, 1.807) is 7.05 Å². The molecule has 0 aromatic heterocycles. The Morgan fingerprint density at radius 3 is 2.32 bits per heavy atom. The van der Waals surface area contributed by atoms with Gasteiger partial charge in [0.25, 0.3) is 0 Å². The highest BCUT2D eigenvalue weighted by atomic mass is 35.5. The van der Waals surface area contributed by atoms with Crippen molar-refractivity contribution in [2.75, 3.05) is 7.05 Å². The van der Waals surface area contributed by atoms with Crippen molar-refractivity contribution in [3.05, 3.63) is 0 Å². The molecule has 5 heteroatoms. The van der Waals surface area contributed by atoms with Crippen LogP contribution < -0.4 is 11.1 Å². The summed E-state index contributed by atoms with van der Waals surface area (Å²) in [7, 11) is 1.66. The monoisotopic (exact) mass is 334 g/mol. The van der Waals surface area contributed by atoms with Crippen LogP contribution in [0.25, 0.3) is 0 Å². The maximum absolute atomic E-state index is 11.9. The van der Waals surface area contributed by atoms with E-state index in [0.717, 1.165) is 12.8 Å². The molecule has 0 bridgehead atoms. The van der Waals surface area contributed by atoms with Crippen LogP contribution >= 0.6 is 12.4 Å². The highest BCUT2D eigenvalue weighted by Crippen LogP contribution is 2.28. The molecule has 0 aromatic carbocycles. The fourth-order valence-electron chi connectivity index (χ4n) is 3.51. The van der Waals surface area contributed by atoms with Crippen molar-refractivity contribution < 1.29 is 9.90 Å². The lowest BCUT2D eigenvalue weighted by molar-refractivity contribution is -0.126. The zero-order valence-electron chi connectivity index (χ0n) is 14.4. The first kappa shape index (κ1) is 21.7. The van der Waals surface area contributed by atoms with Crippen LogP contribution in [-0.4, -0.2) is 30.2 Å². The van der Waals surface area contributed by atoms with Gasteiger partial charge in [-0.2, -0.15) is 0 Å². The van der Waals surface area contributed by atoms with E-state index in [-0.39, 0.29) is 30.3 Å². The smallest absolute Gasteiger partial charge is 0.222 e. The van der Waals surface area contributed by atoms with E-state index in [0.29, 0.717) is 18.3 Å². The van der Waals surface area contributed by atoms with Gasteiger partial charge in [0, 0.05) is 19.0 Å². The number of halogens is 1. The summed E-state index contributed by atoms with van der Waals surface area (Å²) in [5, 5.41) is 13.1. The molecule has 1 amide bonds. The van der Waals surface area contributed by atoms with Crippen LogP contribution in [0.2, 0.25) is 0 Å². The summed E-state index contributed by atoms with van der Waals surface area (Å²) in [5.41, 5.74) is 6.19. The number of nitrogens with one attached hydrogen (secondary N) is 1. The van der Waals surface area contributed by atoms with Gasteiger partial charge in [-0.15, -0.1) is 12.4 Å². The largest absolute Gasteiger partial charge is 0.391 e. The Labute approximate surface area is 142 Å². The topological polar surface area (TPSA) is 75.3 Å². The molecular formula is C17H35ClN2O2. The van der Waals surface area contributed by atoms with Crippen molar-refractivity contribution in [1.29, 1.82) is 0 Å². The van der Waals surface area contributed by atoms with Gasteiger partial charge in [-0.05, 0) is 31.1 Å². The van der Waals surface area contributed by atoms with E-state index in [2.05, 4.69) is 19.2 Å². The molecule has 0 saturated heterocycles. The quantitative estimate of drug-likeness (QED) is 0.639. The SMILES string of the molecule is CNC(=O)C(CC(C)C)CC(O)[C@@H](N)CC1CCCCC1.Cl. The highest BCUT2D eigenvalue weighted by molar-refractivity contribution is 5.85. The predicted octanol–water partition coefficient (Wildman–Crippen LogP) is 2.87. The number of rotatable bonds is 8. The van der Waals surface area contributed by atoms with E-state index in [1.165, 1.54) is 32.1 Å². The first-order valence-corrected chi connectivity index (χ1v) is 8.59. The molecule has 0 spiro atoms. The highest BCUT2D eigenvalue weighted by Gasteiger charge is 2.27. The second-order valence-electron chi connectivity index (χ2n) is 7.15. The molecule has 1 saturated carbocycles. The van der Waals surface area contributed by atoms with Gasteiger partial charge in [0.1, 0.15) is 0 Å². The van der Waals surface area contributed by atoms with Gasteiger partial charge in [-0.25, -0.2) is 0 Å². The van der Waals surface area contributed by atoms with Gasteiger partial charge < -0.3 is 16.2 Å². The molecule has 4 nitrogen and oxygen atoms in total. The van der Waals surface area contributed by atoms with Crippen molar-refractivity contribution in [3.8, 4) is 0 Å². The Bertz CT molecular complexity index is 307. The van der Waals surface area contributed by atoms with Gasteiger partial charge in [0.2, 0.25) is 5.91 Å².